The molecule has 1 heterocycles. The summed E-state index contributed by atoms with van der Waals surface area (Å²) in [4.78, 5) is 4.78. The number of hydrogen-bond acceptors (Lipinski definition) is 3. The number of nitrogens with one attached hydrogen (secondary N) is 1. The third-order valence-electron chi connectivity index (χ3n) is 12.3. The Balaban J connectivity index is 1.36. The van der Waals surface area contributed by atoms with Crippen LogP contribution >= 0.6 is 11.6 Å². The smallest absolute Gasteiger partial charge is 0.219 e. The predicted molar refractivity (Wildman–Crippen MR) is 237 cm³/mol. The lowest BCUT2D eigenvalue weighted by atomic mass is 9.76. The molecule has 5 aromatic carbocycles. The highest BCUT2D eigenvalue weighted by molar-refractivity contribution is 6.30. The molecule has 1 fully saturated rings. The molecular weight excluding hydrogens is 734 g/mol. The van der Waals surface area contributed by atoms with Crippen molar-refractivity contribution in [3.63, 3.8) is 0 Å². The van der Waals surface area contributed by atoms with E-state index in [1.54, 1.807) is 0 Å². The maximum atomic E-state index is 8.53. The number of halogens is 1. The highest BCUT2D eigenvalue weighted by Gasteiger charge is 2.37. The van der Waals surface area contributed by atoms with Crippen LogP contribution in [0.25, 0.3) is 22.3 Å². The molecule has 0 amide bonds. The third-order valence-corrected chi connectivity index (χ3v) is 12.6. The zero-order chi connectivity index (χ0) is 40.5. The van der Waals surface area contributed by atoms with Gasteiger partial charge in [-0.25, -0.2) is 4.98 Å². The van der Waals surface area contributed by atoms with Gasteiger partial charge in [0.15, 0.2) is 10.7 Å². The van der Waals surface area contributed by atoms with Gasteiger partial charge >= 0.3 is 0 Å². The summed E-state index contributed by atoms with van der Waals surface area (Å²) in [5.74, 6) is 1.58. The number of amidine groups is 1. The monoisotopic (exact) mass is 791 g/mol. The molecule has 0 saturated heterocycles. The first kappa shape index (κ1) is 41.0. The van der Waals surface area contributed by atoms with Crippen LogP contribution in [0.15, 0.2) is 126 Å². The Morgan fingerprint density at radius 3 is 2.17 bits per heavy atom. The third kappa shape index (κ3) is 8.77. The number of benzene rings is 5. The van der Waals surface area contributed by atoms with Crippen LogP contribution in [0, 0.1) is 5.41 Å². The van der Waals surface area contributed by atoms with E-state index >= 15 is 0 Å². The van der Waals surface area contributed by atoms with E-state index in [9.17, 15) is 0 Å². The van der Waals surface area contributed by atoms with Gasteiger partial charge in [-0.15, -0.1) is 0 Å². The van der Waals surface area contributed by atoms with Gasteiger partial charge in [0.1, 0.15) is 5.82 Å². The van der Waals surface area contributed by atoms with Gasteiger partial charge in [0.25, 0.3) is 0 Å². The summed E-state index contributed by atoms with van der Waals surface area (Å²) < 4.78 is 2.20. The molecule has 1 saturated carbocycles. The lowest BCUT2D eigenvalue weighted by Crippen LogP contribution is -2.71. The van der Waals surface area contributed by atoms with Gasteiger partial charge in [0.2, 0.25) is 5.84 Å². The molecular formula is C50H58ClN7+2. The molecule has 8 N–H and O–H groups in total. The highest BCUT2D eigenvalue weighted by Crippen LogP contribution is 2.39. The van der Waals surface area contributed by atoms with Crippen LogP contribution in [0.2, 0.25) is 5.15 Å². The van der Waals surface area contributed by atoms with Crippen LogP contribution in [0.1, 0.15) is 122 Å². The number of quaternary nitrogens is 1. The van der Waals surface area contributed by atoms with Crippen LogP contribution in [0.4, 0.5) is 0 Å². The Bertz CT molecular complexity index is 2320. The average Bonchev–Trinajstić information content (AvgIpc) is 3.65. The topological polar surface area (TPSA) is 133 Å². The molecule has 58 heavy (non-hydrogen) atoms. The second-order valence-corrected chi connectivity index (χ2v) is 16.3. The zero-order valence-corrected chi connectivity index (χ0v) is 34.7. The Morgan fingerprint density at radius 1 is 0.810 bits per heavy atom. The second kappa shape index (κ2) is 19.0. The minimum Gasteiger partial charge on any atom is -0.341 e. The van der Waals surface area contributed by atoms with Crippen molar-refractivity contribution in [3.8, 4) is 22.3 Å². The minimum atomic E-state index is -0.672. The van der Waals surface area contributed by atoms with E-state index < -0.39 is 5.54 Å². The fraction of sp³-hybridized carbons (Fsp3) is 0.320. The normalized spacial score (nSPS) is 14.9. The number of hydrogen-bond donors (Lipinski definition) is 4. The lowest BCUT2D eigenvalue weighted by Gasteiger charge is -2.29. The molecule has 7 rings (SSSR count). The van der Waals surface area contributed by atoms with E-state index in [0.717, 1.165) is 75.3 Å². The van der Waals surface area contributed by atoms with E-state index in [1.165, 1.54) is 56.9 Å². The van der Waals surface area contributed by atoms with Crippen molar-refractivity contribution < 1.29 is 11.3 Å². The predicted octanol–water partition coefficient (Wildman–Crippen LogP) is 10.0. The van der Waals surface area contributed by atoms with Crippen molar-refractivity contribution in [3.05, 3.63) is 171 Å². The SMILES string of the molecule is CCCCc1nc(Cl)c(CN)n1Cc1ccc(-c2ccccc2C(=N)N=[NH2+])cc1-c1cccc(C([NH3+])(c2ccccc2)c2ccc(C3CCCCCCCC3)cc2)c1. The number of nitrogens with zero attached hydrogens (tertiary/aromatic N) is 3. The second-order valence-electron chi connectivity index (χ2n) is 15.9. The van der Waals surface area contributed by atoms with Crippen LogP contribution in [0.5, 0.6) is 0 Å². The summed E-state index contributed by atoms with van der Waals surface area (Å²) in [5, 5.41) is 12.7. The summed E-state index contributed by atoms with van der Waals surface area (Å²) in [7, 11) is 0. The number of aryl methyl sites for hydroxylation is 1. The van der Waals surface area contributed by atoms with Gasteiger partial charge in [-0.1, -0.05) is 173 Å². The van der Waals surface area contributed by atoms with E-state index in [4.69, 9.17) is 39.0 Å². The van der Waals surface area contributed by atoms with Crippen molar-refractivity contribution >= 4 is 17.4 Å². The molecule has 1 unspecified atom stereocenters. The molecule has 8 heteroatoms. The zero-order valence-electron chi connectivity index (χ0n) is 33.9. The summed E-state index contributed by atoms with van der Waals surface area (Å²) in [5.41, 5.74) is 27.8. The van der Waals surface area contributed by atoms with Gasteiger partial charge in [0, 0.05) is 46.9 Å². The summed E-state index contributed by atoms with van der Waals surface area (Å²) in [6, 6.07) is 43.3. The molecule has 0 spiro atoms. The van der Waals surface area contributed by atoms with Gasteiger partial charge in [-0.05, 0) is 70.7 Å². The summed E-state index contributed by atoms with van der Waals surface area (Å²) in [6.07, 6.45) is 13.4. The number of aromatic nitrogens is 2. The van der Waals surface area contributed by atoms with Crippen molar-refractivity contribution in [2.24, 2.45) is 10.8 Å². The molecule has 6 aromatic rings. The van der Waals surface area contributed by atoms with E-state index in [2.05, 4.69) is 114 Å². The van der Waals surface area contributed by atoms with Gasteiger partial charge in [-0.3, -0.25) is 5.41 Å². The molecule has 7 nitrogen and oxygen atoms in total. The summed E-state index contributed by atoms with van der Waals surface area (Å²) >= 11 is 6.72. The van der Waals surface area contributed by atoms with Crippen molar-refractivity contribution in [2.75, 3.05) is 0 Å². The molecule has 1 aliphatic carbocycles. The largest absolute Gasteiger partial charge is 0.341 e. The first-order valence-electron chi connectivity index (χ1n) is 21.1. The van der Waals surface area contributed by atoms with Gasteiger partial charge < -0.3 is 16.0 Å². The van der Waals surface area contributed by atoms with Crippen LogP contribution in [0.3, 0.4) is 0 Å². The Hall–Kier alpha value is -5.21. The van der Waals surface area contributed by atoms with Crippen molar-refractivity contribution in [2.45, 2.75) is 102 Å². The van der Waals surface area contributed by atoms with Crippen LogP contribution < -0.4 is 17.0 Å². The molecule has 298 valence electrons. The first-order valence-corrected chi connectivity index (χ1v) is 21.5. The Morgan fingerprint density at radius 2 is 1.47 bits per heavy atom. The minimum absolute atomic E-state index is 0.0326. The van der Waals surface area contributed by atoms with E-state index in [1.807, 2.05) is 24.3 Å². The lowest BCUT2D eigenvalue weighted by molar-refractivity contribution is -0.455. The van der Waals surface area contributed by atoms with E-state index in [0.29, 0.717) is 29.7 Å². The maximum absolute atomic E-state index is 8.53. The highest BCUT2D eigenvalue weighted by atomic mass is 35.5. The van der Waals surface area contributed by atoms with Crippen LogP contribution in [-0.4, -0.2) is 15.4 Å². The fourth-order valence-corrected chi connectivity index (χ4v) is 9.20. The molecule has 1 aromatic heterocycles. The molecule has 1 aliphatic rings. The maximum Gasteiger partial charge on any atom is 0.219 e. The number of unbranched alkanes of at least 4 members (excludes halogenated alkanes) is 1. The fourth-order valence-electron chi connectivity index (χ4n) is 8.92. The number of nitrogens with two attached hydrogens (primary N) is 2. The molecule has 0 radical (unpaired) electrons. The van der Waals surface area contributed by atoms with Gasteiger partial charge in [-0.2, -0.15) is 5.53 Å². The summed E-state index contributed by atoms with van der Waals surface area (Å²) in [6.45, 7) is 3.03. The molecule has 1 atom stereocenters. The first-order chi connectivity index (χ1) is 28.3. The number of rotatable bonds is 13. The van der Waals surface area contributed by atoms with Crippen LogP contribution in [-0.2, 0) is 25.0 Å². The quantitative estimate of drug-likeness (QED) is 0.0401. The van der Waals surface area contributed by atoms with Gasteiger partial charge in [0.05, 0.1) is 5.69 Å². The van der Waals surface area contributed by atoms with E-state index in [-0.39, 0.29) is 5.84 Å². The van der Waals surface area contributed by atoms with Crippen molar-refractivity contribution in [1.82, 2.24) is 9.55 Å². The van der Waals surface area contributed by atoms with Crippen molar-refractivity contribution in [1.29, 1.82) is 5.41 Å². The molecule has 0 aliphatic heterocycles. The Labute approximate surface area is 348 Å². The number of imidazole rings is 1. The molecule has 0 bridgehead atoms. The average molecular weight is 793 g/mol. The Kier molecular flexibility index (Phi) is 13.4. The standard InChI is InChI=1S/C50H56ClN7/c1-2-3-24-47-56-48(51)46(33-52)58(47)34-39-26-25-38(43-22-13-14-23-44(43)49(53)57-55)32-45(39)37-18-15-21-42(31-37)50(54,40-19-11-8-12-20-40)41-29-27-36(28-30-41)35-16-9-6-4-5-7-10-17-35/h8,11-15,18-23,25-32,35,53,55H,2-7,9-10,16-17,24,33-34,52,54H2,1H3/p+2.